The van der Waals surface area contributed by atoms with E-state index in [1.54, 1.807) is 22.9 Å². The summed E-state index contributed by atoms with van der Waals surface area (Å²) in [5, 5.41) is 10.0. The number of aromatic nitrogens is 3. The molecule has 2 aromatic heterocycles. The standard InChI is InChI=1S/C13H17N3O2S/c1-4-18-13(17)11-12(10-6-5-7-19-10)16(15-14-11)8-9(2)3/h5-7,9H,4,8H2,1-3H3. The lowest BCUT2D eigenvalue weighted by Crippen LogP contribution is -2.10. The second-order valence-electron chi connectivity index (χ2n) is 4.56. The molecule has 0 radical (unpaired) electrons. The molecule has 2 heterocycles. The quantitative estimate of drug-likeness (QED) is 0.790. The third-order valence-electron chi connectivity index (χ3n) is 2.50. The van der Waals surface area contributed by atoms with E-state index in [0.717, 1.165) is 17.1 Å². The Labute approximate surface area is 116 Å². The van der Waals surface area contributed by atoms with Crippen LogP contribution in [0.25, 0.3) is 10.6 Å². The molecule has 0 amide bonds. The summed E-state index contributed by atoms with van der Waals surface area (Å²) in [6.45, 7) is 7.04. The van der Waals surface area contributed by atoms with Crippen LogP contribution in [0.3, 0.4) is 0 Å². The lowest BCUT2D eigenvalue weighted by atomic mass is 10.2. The van der Waals surface area contributed by atoms with Crippen LogP contribution in [0.4, 0.5) is 0 Å². The van der Waals surface area contributed by atoms with Gasteiger partial charge in [-0.2, -0.15) is 0 Å². The van der Waals surface area contributed by atoms with Gasteiger partial charge in [-0.25, -0.2) is 9.48 Å². The van der Waals surface area contributed by atoms with Crippen LogP contribution in [0.15, 0.2) is 17.5 Å². The fraction of sp³-hybridized carbons (Fsp3) is 0.462. The fourth-order valence-electron chi connectivity index (χ4n) is 1.78. The molecule has 0 fully saturated rings. The zero-order chi connectivity index (χ0) is 13.8. The maximum absolute atomic E-state index is 11.9. The number of carbonyl (C=O) groups excluding carboxylic acids is 1. The number of rotatable bonds is 5. The van der Waals surface area contributed by atoms with Crippen molar-refractivity contribution >= 4 is 17.3 Å². The van der Waals surface area contributed by atoms with Crippen molar-refractivity contribution in [3.05, 3.63) is 23.2 Å². The molecule has 0 aliphatic carbocycles. The Morgan fingerprint density at radius 1 is 1.53 bits per heavy atom. The zero-order valence-electron chi connectivity index (χ0n) is 11.3. The van der Waals surface area contributed by atoms with Crippen molar-refractivity contribution < 1.29 is 9.53 Å². The predicted octanol–water partition coefficient (Wildman–Crippen LogP) is 2.84. The van der Waals surface area contributed by atoms with Gasteiger partial charge in [-0.05, 0) is 24.3 Å². The average molecular weight is 279 g/mol. The molecule has 0 aliphatic rings. The Bertz CT molecular complexity index is 546. The molecule has 0 unspecified atom stereocenters. The first-order valence-electron chi connectivity index (χ1n) is 6.28. The highest BCUT2D eigenvalue weighted by Gasteiger charge is 2.23. The van der Waals surface area contributed by atoms with Gasteiger partial charge in [0, 0.05) is 6.54 Å². The van der Waals surface area contributed by atoms with Crippen LogP contribution in [-0.4, -0.2) is 27.6 Å². The average Bonchev–Trinajstić information content (AvgIpc) is 2.96. The minimum Gasteiger partial charge on any atom is -0.461 e. The van der Waals surface area contributed by atoms with E-state index in [0.29, 0.717) is 18.2 Å². The zero-order valence-corrected chi connectivity index (χ0v) is 12.1. The number of hydrogen-bond donors (Lipinski definition) is 0. The molecule has 0 bridgehead atoms. The van der Waals surface area contributed by atoms with Gasteiger partial charge in [0.15, 0.2) is 5.69 Å². The van der Waals surface area contributed by atoms with Crippen LogP contribution in [0.5, 0.6) is 0 Å². The Morgan fingerprint density at radius 2 is 2.32 bits per heavy atom. The highest BCUT2D eigenvalue weighted by Crippen LogP contribution is 2.28. The van der Waals surface area contributed by atoms with Crippen molar-refractivity contribution in [1.82, 2.24) is 15.0 Å². The Morgan fingerprint density at radius 3 is 2.89 bits per heavy atom. The Hall–Kier alpha value is -1.69. The summed E-state index contributed by atoms with van der Waals surface area (Å²) in [6, 6.07) is 3.91. The number of nitrogens with zero attached hydrogens (tertiary/aromatic N) is 3. The van der Waals surface area contributed by atoms with Crippen LogP contribution in [-0.2, 0) is 11.3 Å². The van der Waals surface area contributed by atoms with Gasteiger partial charge in [0.1, 0.15) is 5.69 Å². The van der Waals surface area contributed by atoms with Crippen molar-refractivity contribution in [2.75, 3.05) is 6.61 Å². The minimum atomic E-state index is -0.416. The molecule has 0 N–H and O–H groups in total. The first-order chi connectivity index (χ1) is 9.13. The van der Waals surface area contributed by atoms with Crippen LogP contribution in [0, 0.1) is 5.92 Å². The van der Waals surface area contributed by atoms with Gasteiger partial charge in [-0.1, -0.05) is 25.1 Å². The summed E-state index contributed by atoms with van der Waals surface area (Å²) in [7, 11) is 0. The summed E-state index contributed by atoms with van der Waals surface area (Å²) in [5.74, 6) is 0.0105. The second-order valence-corrected chi connectivity index (χ2v) is 5.51. The third kappa shape index (κ3) is 3.01. The predicted molar refractivity (Wildman–Crippen MR) is 74.1 cm³/mol. The molecule has 102 valence electrons. The number of ether oxygens (including phenoxy) is 1. The van der Waals surface area contributed by atoms with E-state index in [2.05, 4.69) is 24.2 Å². The van der Waals surface area contributed by atoms with Crippen molar-refractivity contribution in [1.29, 1.82) is 0 Å². The Balaban J connectivity index is 2.44. The molecule has 0 aliphatic heterocycles. The molecular weight excluding hydrogens is 262 g/mol. The van der Waals surface area contributed by atoms with Crippen LogP contribution >= 0.6 is 11.3 Å². The number of carbonyl (C=O) groups is 1. The van der Waals surface area contributed by atoms with Crippen molar-refractivity contribution in [2.24, 2.45) is 5.92 Å². The van der Waals surface area contributed by atoms with E-state index in [1.807, 2.05) is 17.5 Å². The lowest BCUT2D eigenvalue weighted by molar-refractivity contribution is 0.0520. The van der Waals surface area contributed by atoms with E-state index in [-0.39, 0.29) is 0 Å². The van der Waals surface area contributed by atoms with Crippen LogP contribution in [0.1, 0.15) is 31.3 Å². The van der Waals surface area contributed by atoms with E-state index < -0.39 is 5.97 Å². The third-order valence-corrected chi connectivity index (χ3v) is 3.37. The topological polar surface area (TPSA) is 57.0 Å². The van der Waals surface area contributed by atoms with Crippen LogP contribution in [0.2, 0.25) is 0 Å². The molecule has 19 heavy (non-hydrogen) atoms. The molecule has 0 saturated heterocycles. The minimum absolute atomic E-state index is 0.296. The first-order valence-corrected chi connectivity index (χ1v) is 7.16. The van der Waals surface area contributed by atoms with Gasteiger partial charge in [0.05, 0.1) is 11.5 Å². The molecule has 0 aromatic carbocycles. The second kappa shape index (κ2) is 5.97. The van der Waals surface area contributed by atoms with Gasteiger partial charge in [-0.3, -0.25) is 0 Å². The Kier molecular flexibility index (Phi) is 4.31. The molecule has 0 atom stereocenters. The maximum Gasteiger partial charge on any atom is 0.361 e. The van der Waals surface area contributed by atoms with E-state index >= 15 is 0 Å². The molecule has 2 aromatic rings. The van der Waals surface area contributed by atoms with Gasteiger partial charge in [-0.15, -0.1) is 16.4 Å². The van der Waals surface area contributed by atoms with Gasteiger partial charge >= 0.3 is 5.97 Å². The van der Waals surface area contributed by atoms with Crippen molar-refractivity contribution in [2.45, 2.75) is 27.3 Å². The van der Waals surface area contributed by atoms with E-state index in [1.165, 1.54) is 0 Å². The maximum atomic E-state index is 11.9. The number of esters is 1. The monoisotopic (exact) mass is 279 g/mol. The smallest absolute Gasteiger partial charge is 0.361 e. The van der Waals surface area contributed by atoms with Gasteiger partial charge in [0.2, 0.25) is 0 Å². The highest BCUT2D eigenvalue weighted by molar-refractivity contribution is 7.13. The summed E-state index contributed by atoms with van der Waals surface area (Å²) < 4.78 is 6.82. The van der Waals surface area contributed by atoms with Crippen molar-refractivity contribution in [3.8, 4) is 10.6 Å². The lowest BCUT2D eigenvalue weighted by Gasteiger charge is -2.08. The fourth-order valence-corrected chi connectivity index (χ4v) is 2.56. The van der Waals surface area contributed by atoms with Crippen LogP contribution < -0.4 is 0 Å². The van der Waals surface area contributed by atoms with Crippen molar-refractivity contribution in [3.63, 3.8) is 0 Å². The molecule has 0 saturated carbocycles. The summed E-state index contributed by atoms with van der Waals surface area (Å²) >= 11 is 1.56. The van der Waals surface area contributed by atoms with E-state index in [9.17, 15) is 4.79 Å². The van der Waals surface area contributed by atoms with Gasteiger partial charge in [0.25, 0.3) is 0 Å². The highest BCUT2D eigenvalue weighted by atomic mass is 32.1. The summed E-state index contributed by atoms with van der Waals surface area (Å²) in [6.07, 6.45) is 0. The molecule has 2 rings (SSSR count). The largest absolute Gasteiger partial charge is 0.461 e. The molecule has 6 heteroatoms. The molecular formula is C13H17N3O2S. The number of hydrogen-bond acceptors (Lipinski definition) is 5. The summed E-state index contributed by atoms with van der Waals surface area (Å²) in [4.78, 5) is 12.9. The number of thiophene rings is 1. The first kappa shape index (κ1) is 13.7. The summed E-state index contributed by atoms with van der Waals surface area (Å²) in [5.41, 5.74) is 1.05. The molecule has 5 nitrogen and oxygen atoms in total. The molecule has 0 spiro atoms. The van der Waals surface area contributed by atoms with E-state index in [4.69, 9.17) is 4.74 Å². The SMILES string of the molecule is CCOC(=O)c1nnn(CC(C)C)c1-c1cccs1. The van der Waals surface area contributed by atoms with Gasteiger partial charge < -0.3 is 4.74 Å². The normalized spacial score (nSPS) is 10.9.